The quantitative estimate of drug-likeness (QED) is 0.552. The smallest absolute Gasteiger partial charge is 0.255 e. The summed E-state index contributed by atoms with van der Waals surface area (Å²) in [6.07, 6.45) is 9.07. The molecule has 3 aromatic rings. The standard InChI is InChI=1S/C24H27N5O3/c30-23(26-12-4-14-29-15-5-13-27-29)21-7-1-2-8-22(21)32-20-9-16-28(17-10-20)24(31)19-6-3-11-25-18-19/h1-3,5-8,11,13,15,18,20H,4,9-10,12,14,16-17H2,(H,26,30). The number of aromatic nitrogens is 3. The maximum atomic E-state index is 12.7. The SMILES string of the molecule is O=C(NCCCn1cccn1)c1ccccc1OC1CCN(C(=O)c2cccnc2)CC1. The van der Waals surface area contributed by atoms with Crippen LogP contribution in [0, 0.1) is 0 Å². The molecule has 0 atom stereocenters. The lowest BCUT2D eigenvalue weighted by Crippen LogP contribution is -2.42. The largest absolute Gasteiger partial charge is 0.489 e. The van der Waals surface area contributed by atoms with Gasteiger partial charge in [-0.15, -0.1) is 0 Å². The molecular weight excluding hydrogens is 406 g/mol. The Morgan fingerprint density at radius 1 is 1.06 bits per heavy atom. The van der Waals surface area contributed by atoms with E-state index in [1.54, 1.807) is 36.8 Å². The zero-order valence-electron chi connectivity index (χ0n) is 17.9. The molecule has 1 N–H and O–H groups in total. The number of benzene rings is 1. The molecule has 1 aliphatic rings. The summed E-state index contributed by atoms with van der Waals surface area (Å²) in [6, 6.07) is 12.7. The Labute approximate surface area is 187 Å². The molecule has 1 aromatic carbocycles. The third-order valence-electron chi connectivity index (χ3n) is 5.47. The number of likely N-dealkylation sites (tertiary alicyclic amines) is 1. The number of nitrogens with one attached hydrogen (secondary N) is 1. The molecule has 8 nitrogen and oxygen atoms in total. The van der Waals surface area contributed by atoms with Gasteiger partial charge in [-0.2, -0.15) is 5.10 Å². The summed E-state index contributed by atoms with van der Waals surface area (Å²) in [6.45, 7) is 2.53. The van der Waals surface area contributed by atoms with Gasteiger partial charge in [0.1, 0.15) is 11.9 Å². The number of piperidine rings is 1. The van der Waals surface area contributed by atoms with Gasteiger partial charge in [-0.1, -0.05) is 12.1 Å². The van der Waals surface area contributed by atoms with Gasteiger partial charge in [-0.05, 0) is 36.8 Å². The van der Waals surface area contributed by atoms with Gasteiger partial charge in [0, 0.05) is 63.8 Å². The first-order valence-corrected chi connectivity index (χ1v) is 10.9. The highest BCUT2D eigenvalue weighted by molar-refractivity contribution is 5.97. The Morgan fingerprint density at radius 2 is 1.91 bits per heavy atom. The summed E-state index contributed by atoms with van der Waals surface area (Å²) in [7, 11) is 0. The number of hydrogen-bond donors (Lipinski definition) is 1. The summed E-state index contributed by atoms with van der Waals surface area (Å²) < 4.78 is 8.02. The van der Waals surface area contributed by atoms with Crippen molar-refractivity contribution >= 4 is 11.8 Å². The minimum Gasteiger partial charge on any atom is -0.489 e. The van der Waals surface area contributed by atoms with Gasteiger partial charge in [-0.25, -0.2) is 0 Å². The van der Waals surface area contributed by atoms with Gasteiger partial charge in [-0.3, -0.25) is 19.3 Å². The Morgan fingerprint density at radius 3 is 2.66 bits per heavy atom. The molecule has 1 aliphatic heterocycles. The number of hydrogen-bond acceptors (Lipinski definition) is 5. The van der Waals surface area contributed by atoms with Crippen LogP contribution >= 0.6 is 0 Å². The van der Waals surface area contributed by atoms with Crippen LogP contribution in [0.2, 0.25) is 0 Å². The molecule has 0 saturated carbocycles. The van der Waals surface area contributed by atoms with Crippen molar-refractivity contribution in [1.29, 1.82) is 0 Å². The van der Waals surface area contributed by atoms with E-state index >= 15 is 0 Å². The number of nitrogens with zero attached hydrogens (tertiary/aromatic N) is 4. The number of ether oxygens (including phenoxy) is 1. The first-order valence-electron chi connectivity index (χ1n) is 10.9. The molecule has 166 valence electrons. The number of aryl methyl sites for hydroxylation is 1. The maximum absolute atomic E-state index is 12.7. The molecular formula is C24H27N5O3. The van der Waals surface area contributed by atoms with Crippen LogP contribution in [-0.2, 0) is 6.54 Å². The predicted molar refractivity (Wildman–Crippen MR) is 119 cm³/mol. The molecule has 3 heterocycles. The maximum Gasteiger partial charge on any atom is 0.255 e. The van der Waals surface area contributed by atoms with Gasteiger partial charge in [0.25, 0.3) is 11.8 Å². The van der Waals surface area contributed by atoms with Crippen molar-refractivity contribution in [2.75, 3.05) is 19.6 Å². The van der Waals surface area contributed by atoms with E-state index in [1.807, 2.05) is 40.0 Å². The molecule has 2 amide bonds. The lowest BCUT2D eigenvalue weighted by atomic mass is 10.1. The number of rotatable bonds is 8. The summed E-state index contributed by atoms with van der Waals surface area (Å²) >= 11 is 0. The monoisotopic (exact) mass is 433 g/mol. The predicted octanol–water partition coefficient (Wildman–Crippen LogP) is 2.78. The highest BCUT2D eigenvalue weighted by Crippen LogP contribution is 2.24. The number of carbonyl (C=O) groups is 2. The minimum atomic E-state index is -0.148. The first-order chi connectivity index (χ1) is 15.7. The van der Waals surface area contributed by atoms with E-state index in [0.717, 1.165) is 13.0 Å². The molecule has 8 heteroatoms. The molecule has 0 radical (unpaired) electrons. The highest BCUT2D eigenvalue weighted by atomic mass is 16.5. The zero-order valence-corrected chi connectivity index (χ0v) is 17.9. The van der Waals surface area contributed by atoms with Crippen LogP contribution in [-0.4, -0.2) is 57.2 Å². The van der Waals surface area contributed by atoms with Crippen LogP contribution in [0.4, 0.5) is 0 Å². The van der Waals surface area contributed by atoms with Crippen LogP contribution < -0.4 is 10.1 Å². The van der Waals surface area contributed by atoms with Crippen molar-refractivity contribution in [2.24, 2.45) is 0 Å². The molecule has 0 aliphatic carbocycles. The summed E-state index contributed by atoms with van der Waals surface area (Å²) in [5, 5.41) is 7.12. The van der Waals surface area contributed by atoms with Crippen molar-refractivity contribution in [3.63, 3.8) is 0 Å². The van der Waals surface area contributed by atoms with Gasteiger partial charge >= 0.3 is 0 Å². The fourth-order valence-electron chi connectivity index (χ4n) is 3.76. The molecule has 1 saturated heterocycles. The van der Waals surface area contributed by atoms with Crippen LogP contribution in [0.15, 0.2) is 67.3 Å². The Kier molecular flexibility index (Phi) is 7.12. The normalized spacial score (nSPS) is 14.2. The van der Waals surface area contributed by atoms with Gasteiger partial charge in [0.05, 0.1) is 11.1 Å². The van der Waals surface area contributed by atoms with E-state index in [9.17, 15) is 9.59 Å². The number of carbonyl (C=O) groups excluding carboxylic acids is 2. The zero-order chi connectivity index (χ0) is 22.2. The van der Waals surface area contributed by atoms with Crippen LogP contribution in [0.1, 0.15) is 40.0 Å². The third kappa shape index (κ3) is 5.51. The summed E-state index contributed by atoms with van der Waals surface area (Å²) in [5.41, 5.74) is 1.13. The average Bonchev–Trinajstić information content (AvgIpc) is 3.36. The third-order valence-corrected chi connectivity index (χ3v) is 5.47. The fourth-order valence-corrected chi connectivity index (χ4v) is 3.76. The second-order valence-electron chi connectivity index (χ2n) is 7.73. The van der Waals surface area contributed by atoms with E-state index in [1.165, 1.54) is 0 Å². The lowest BCUT2D eigenvalue weighted by molar-refractivity contribution is 0.0593. The molecule has 0 bridgehead atoms. The molecule has 0 spiro atoms. The van der Waals surface area contributed by atoms with Crippen molar-refractivity contribution in [1.82, 2.24) is 25.0 Å². The summed E-state index contributed by atoms with van der Waals surface area (Å²) in [5.74, 6) is 0.422. The van der Waals surface area contributed by atoms with E-state index in [4.69, 9.17) is 4.74 Å². The van der Waals surface area contributed by atoms with E-state index in [2.05, 4.69) is 15.4 Å². The fraction of sp³-hybridized carbons (Fsp3) is 0.333. The van der Waals surface area contributed by atoms with Crippen molar-refractivity contribution < 1.29 is 14.3 Å². The first kappa shape index (κ1) is 21.5. The molecule has 1 fully saturated rings. The summed E-state index contributed by atoms with van der Waals surface area (Å²) in [4.78, 5) is 31.1. The van der Waals surface area contributed by atoms with Crippen LogP contribution in [0.3, 0.4) is 0 Å². The molecule has 0 unspecified atom stereocenters. The second kappa shape index (κ2) is 10.6. The molecule has 4 rings (SSSR count). The van der Waals surface area contributed by atoms with E-state index in [0.29, 0.717) is 49.4 Å². The molecule has 32 heavy (non-hydrogen) atoms. The Bertz CT molecular complexity index is 1020. The van der Waals surface area contributed by atoms with Crippen LogP contribution in [0.5, 0.6) is 5.75 Å². The van der Waals surface area contributed by atoms with E-state index < -0.39 is 0 Å². The van der Waals surface area contributed by atoms with Crippen molar-refractivity contribution in [3.8, 4) is 5.75 Å². The number of amides is 2. The lowest BCUT2D eigenvalue weighted by Gasteiger charge is -2.32. The highest BCUT2D eigenvalue weighted by Gasteiger charge is 2.25. The van der Waals surface area contributed by atoms with Crippen molar-refractivity contribution in [2.45, 2.75) is 31.9 Å². The topological polar surface area (TPSA) is 89.4 Å². The van der Waals surface area contributed by atoms with E-state index in [-0.39, 0.29) is 17.9 Å². The minimum absolute atomic E-state index is 0.00793. The van der Waals surface area contributed by atoms with Crippen molar-refractivity contribution in [3.05, 3.63) is 78.4 Å². The molecule has 2 aromatic heterocycles. The second-order valence-corrected chi connectivity index (χ2v) is 7.73. The Balaban J connectivity index is 1.27. The number of para-hydroxylation sites is 1. The average molecular weight is 434 g/mol. The van der Waals surface area contributed by atoms with Gasteiger partial charge in [0.15, 0.2) is 0 Å². The van der Waals surface area contributed by atoms with Gasteiger partial charge < -0.3 is 15.0 Å². The number of pyridine rings is 1. The Hall–Kier alpha value is -3.68. The van der Waals surface area contributed by atoms with Crippen LogP contribution in [0.25, 0.3) is 0 Å². The van der Waals surface area contributed by atoms with Gasteiger partial charge in [0.2, 0.25) is 0 Å².